The molecule has 2 rings (SSSR count). The summed E-state index contributed by atoms with van der Waals surface area (Å²) >= 11 is 1.42. The maximum Gasteiger partial charge on any atom is 0.266 e. The van der Waals surface area contributed by atoms with Gasteiger partial charge in [-0.3, -0.25) is 4.79 Å². The molecule has 1 aromatic carbocycles. The predicted molar refractivity (Wildman–Crippen MR) is 84.1 cm³/mol. The number of rotatable bonds is 6. The molecule has 0 fully saturated rings. The Balaban J connectivity index is 2.30. The average molecular weight is 292 g/mol. The Kier molecular flexibility index (Phi) is 4.98. The first-order chi connectivity index (χ1) is 9.69. The van der Waals surface area contributed by atoms with Crippen molar-refractivity contribution < 1.29 is 9.90 Å². The minimum absolute atomic E-state index is 0.0275. The van der Waals surface area contributed by atoms with Gasteiger partial charge in [0.15, 0.2) is 0 Å². The standard InChI is InChI=1S/C15H20N2O2S/c1-2-3-8-17(9-10-18)15(19)14-13(16)11-6-4-5-7-12(11)20-14/h4-7,18H,2-3,8-10,16H2,1H3. The number of nitrogens with two attached hydrogens (primary N) is 1. The fraction of sp³-hybridized carbons (Fsp3) is 0.400. The molecule has 1 amide bonds. The summed E-state index contributed by atoms with van der Waals surface area (Å²) in [5.74, 6) is -0.0776. The normalized spacial score (nSPS) is 10.9. The number of hydrogen-bond acceptors (Lipinski definition) is 4. The molecule has 0 spiro atoms. The number of benzene rings is 1. The third kappa shape index (κ3) is 2.94. The molecule has 0 atom stereocenters. The molecule has 2 aromatic rings. The number of aliphatic hydroxyl groups excluding tert-OH is 1. The zero-order chi connectivity index (χ0) is 14.5. The van der Waals surface area contributed by atoms with Crippen LogP contribution in [0.4, 0.5) is 5.69 Å². The van der Waals surface area contributed by atoms with Crippen molar-refractivity contribution in [3.05, 3.63) is 29.1 Å². The van der Waals surface area contributed by atoms with Crippen LogP contribution in [0.25, 0.3) is 10.1 Å². The van der Waals surface area contributed by atoms with Gasteiger partial charge in [-0.1, -0.05) is 31.5 Å². The lowest BCUT2D eigenvalue weighted by atomic mass is 10.2. The summed E-state index contributed by atoms with van der Waals surface area (Å²) in [4.78, 5) is 14.8. The second kappa shape index (κ2) is 6.72. The van der Waals surface area contributed by atoms with Crippen LogP contribution >= 0.6 is 11.3 Å². The highest BCUT2D eigenvalue weighted by molar-refractivity contribution is 7.21. The molecule has 0 radical (unpaired) electrons. The Morgan fingerprint density at radius 2 is 2.10 bits per heavy atom. The van der Waals surface area contributed by atoms with Gasteiger partial charge in [0.05, 0.1) is 12.3 Å². The Bertz CT molecular complexity index is 595. The van der Waals surface area contributed by atoms with E-state index < -0.39 is 0 Å². The number of carbonyl (C=O) groups excluding carboxylic acids is 1. The minimum atomic E-state index is -0.0776. The molecule has 0 saturated carbocycles. The number of aliphatic hydroxyl groups is 1. The summed E-state index contributed by atoms with van der Waals surface area (Å²) in [6, 6.07) is 7.76. The number of nitrogens with zero attached hydrogens (tertiary/aromatic N) is 1. The van der Waals surface area contributed by atoms with Gasteiger partial charge in [0.25, 0.3) is 5.91 Å². The molecule has 20 heavy (non-hydrogen) atoms. The van der Waals surface area contributed by atoms with E-state index in [9.17, 15) is 4.79 Å². The van der Waals surface area contributed by atoms with Crippen molar-refractivity contribution in [1.82, 2.24) is 4.90 Å². The van der Waals surface area contributed by atoms with E-state index >= 15 is 0 Å². The van der Waals surface area contributed by atoms with Crippen LogP contribution in [0.5, 0.6) is 0 Å². The number of nitrogen functional groups attached to an aromatic ring is 1. The van der Waals surface area contributed by atoms with Crippen molar-refractivity contribution in [2.24, 2.45) is 0 Å². The smallest absolute Gasteiger partial charge is 0.266 e. The van der Waals surface area contributed by atoms with E-state index in [0.29, 0.717) is 23.7 Å². The van der Waals surface area contributed by atoms with Crippen molar-refractivity contribution in [3.8, 4) is 0 Å². The van der Waals surface area contributed by atoms with E-state index in [1.54, 1.807) is 4.90 Å². The van der Waals surface area contributed by atoms with Crippen LogP contribution in [-0.4, -0.2) is 35.6 Å². The van der Waals surface area contributed by atoms with Crippen LogP contribution in [0.1, 0.15) is 29.4 Å². The van der Waals surface area contributed by atoms with Gasteiger partial charge < -0.3 is 15.7 Å². The van der Waals surface area contributed by atoms with Crippen LogP contribution < -0.4 is 5.73 Å². The van der Waals surface area contributed by atoms with Crippen LogP contribution in [0.15, 0.2) is 24.3 Å². The molecule has 0 unspecified atom stereocenters. The van der Waals surface area contributed by atoms with Gasteiger partial charge in [0.1, 0.15) is 4.88 Å². The van der Waals surface area contributed by atoms with E-state index in [2.05, 4.69) is 6.92 Å². The second-order valence-corrected chi connectivity index (χ2v) is 5.76. The van der Waals surface area contributed by atoms with Gasteiger partial charge in [0.2, 0.25) is 0 Å². The van der Waals surface area contributed by atoms with E-state index in [1.807, 2.05) is 24.3 Å². The summed E-state index contributed by atoms with van der Waals surface area (Å²) in [6.45, 7) is 3.06. The monoisotopic (exact) mass is 292 g/mol. The molecule has 3 N–H and O–H groups in total. The van der Waals surface area contributed by atoms with Gasteiger partial charge in [-0.05, 0) is 12.5 Å². The lowest BCUT2D eigenvalue weighted by Crippen LogP contribution is -2.34. The summed E-state index contributed by atoms with van der Waals surface area (Å²) in [5, 5.41) is 10.0. The molecule has 0 bridgehead atoms. The topological polar surface area (TPSA) is 66.6 Å². The van der Waals surface area contributed by atoms with Crippen LogP contribution in [-0.2, 0) is 0 Å². The first-order valence-electron chi connectivity index (χ1n) is 6.86. The summed E-state index contributed by atoms with van der Waals surface area (Å²) in [7, 11) is 0. The Morgan fingerprint density at radius 3 is 2.75 bits per heavy atom. The molecule has 0 aliphatic carbocycles. The first kappa shape index (κ1) is 14.8. The van der Waals surface area contributed by atoms with Crippen LogP contribution in [0.3, 0.4) is 0 Å². The summed E-state index contributed by atoms with van der Waals surface area (Å²) in [6.07, 6.45) is 1.94. The summed E-state index contributed by atoms with van der Waals surface area (Å²) < 4.78 is 1.02. The number of hydrogen-bond donors (Lipinski definition) is 2. The zero-order valence-electron chi connectivity index (χ0n) is 11.6. The quantitative estimate of drug-likeness (QED) is 0.860. The van der Waals surface area contributed by atoms with Crippen molar-refractivity contribution in [2.75, 3.05) is 25.4 Å². The van der Waals surface area contributed by atoms with E-state index in [-0.39, 0.29) is 12.5 Å². The lowest BCUT2D eigenvalue weighted by molar-refractivity contribution is 0.0725. The lowest BCUT2D eigenvalue weighted by Gasteiger charge is -2.21. The maximum atomic E-state index is 12.6. The third-order valence-corrected chi connectivity index (χ3v) is 4.44. The van der Waals surface area contributed by atoms with Gasteiger partial charge in [0, 0.05) is 23.2 Å². The third-order valence-electron chi connectivity index (χ3n) is 3.27. The largest absolute Gasteiger partial charge is 0.397 e. The predicted octanol–water partition coefficient (Wildman–Crippen LogP) is 2.72. The SMILES string of the molecule is CCCCN(CCO)C(=O)c1sc2ccccc2c1N. The highest BCUT2D eigenvalue weighted by Gasteiger charge is 2.21. The summed E-state index contributed by atoms with van der Waals surface area (Å²) in [5.41, 5.74) is 6.65. The van der Waals surface area contributed by atoms with Crippen molar-refractivity contribution in [1.29, 1.82) is 0 Å². The molecule has 108 valence electrons. The Labute approximate surface area is 122 Å². The molecule has 1 heterocycles. The first-order valence-corrected chi connectivity index (χ1v) is 7.67. The molecule has 0 aliphatic heterocycles. The molecular formula is C15H20N2O2S. The van der Waals surface area contributed by atoms with Crippen molar-refractivity contribution >= 4 is 33.0 Å². The van der Waals surface area contributed by atoms with E-state index in [1.165, 1.54) is 11.3 Å². The molecule has 1 aromatic heterocycles. The number of fused-ring (bicyclic) bond motifs is 1. The highest BCUT2D eigenvalue weighted by Crippen LogP contribution is 2.34. The fourth-order valence-corrected chi connectivity index (χ4v) is 3.24. The van der Waals surface area contributed by atoms with Crippen LogP contribution in [0, 0.1) is 0 Å². The Hall–Kier alpha value is -1.59. The van der Waals surface area contributed by atoms with Crippen molar-refractivity contribution in [3.63, 3.8) is 0 Å². The number of anilines is 1. The molecule has 5 heteroatoms. The number of unbranched alkanes of at least 4 members (excludes halogenated alkanes) is 1. The van der Waals surface area contributed by atoms with Gasteiger partial charge in [-0.2, -0.15) is 0 Å². The fourth-order valence-electron chi connectivity index (χ4n) is 2.15. The minimum Gasteiger partial charge on any atom is -0.397 e. The molecular weight excluding hydrogens is 272 g/mol. The van der Waals surface area contributed by atoms with Gasteiger partial charge >= 0.3 is 0 Å². The van der Waals surface area contributed by atoms with E-state index in [4.69, 9.17) is 10.8 Å². The van der Waals surface area contributed by atoms with Gasteiger partial charge in [-0.15, -0.1) is 11.3 Å². The number of thiophene rings is 1. The second-order valence-electron chi connectivity index (χ2n) is 4.71. The highest BCUT2D eigenvalue weighted by atomic mass is 32.1. The molecule has 0 aliphatic rings. The molecule has 4 nitrogen and oxygen atoms in total. The molecule has 0 saturated heterocycles. The number of carbonyl (C=O) groups is 1. The van der Waals surface area contributed by atoms with Crippen LogP contribution in [0.2, 0.25) is 0 Å². The van der Waals surface area contributed by atoms with Crippen molar-refractivity contribution in [2.45, 2.75) is 19.8 Å². The average Bonchev–Trinajstić information content (AvgIpc) is 2.80. The van der Waals surface area contributed by atoms with E-state index in [0.717, 1.165) is 22.9 Å². The Morgan fingerprint density at radius 1 is 1.35 bits per heavy atom. The zero-order valence-corrected chi connectivity index (χ0v) is 12.4. The number of amides is 1. The maximum absolute atomic E-state index is 12.6. The van der Waals surface area contributed by atoms with Gasteiger partial charge in [-0.25, -0.2) is 0 Å².